The van der Waals surface area contributed by atoms with Crippen molar-refractivity contribution in [2.24, 2.45) is 0 Å². The molecule has 1 aromatic heterocycles. The van der Waals surface area contributed by atoms with E-state index < -0.39 is 4.92 Å². The summed E-state index contributed by atoms with van der Waals surface area (Å²) in [6.45, 7) is 2.36. The van der Waals surface area contributed by atoms with Gasteiger partial charge in [-0.1, -0.05) is 18.2 Å². The van der Waals surface area contributed by atoms with Crippen LogP contribution in [-0.4, -0.2) is 41.1 Å². The van der Waals surface area contributed by atoms with Gasteiger partial charge in [-0.2, -0.15) is 0 Å². The van der Waals surface area contributed by atoms with Crippen LogP contribution in [-0.2, 0) is 0 Å². The second kappa shape index (κ2) is 8.27. The zero-order valence-electron chi connectivity index (χ0n) is 13.9. The lowest BCUT2D eigenvalue weighted by molar-refractivity contribution is -0.383. The van der Waals surface area contributed by atoms with Gasteiger partial charge in [0.1, 0.15) is 18.7 Å². The number of nitrogens with one attached hydrogen (secondary N) is 1. The Morgan fingerprint density at radius 3 is 2.64 bits per heavy atom. The molecule has 3 rings (SSSR count). The average molecular weight is 343 g/mol. The summed E-state index contributed by atoms with van der Waals surface area (Å²) in [5.74, 6) is 1.39. The molecule has 0 spiro atoms. The van der Waals surface area contributed by atoms with Crippen molar-refractivity contribution in [3.8, 4) is 5.75 Å². The number of benzene rings is 1. The summed E-state index contributed by atoms with van der Waals surface area (Å²) in [6.07, 6.45) is 4.57. The predicted octanol–water partition coefficient (Wildman–Crippen LogP) is 2.87. The first-order valence-corrected chi connectivity index (χ1v) is 8.42. The zero-order valence-corrected chi connectivity index (χ0v) is 13.9. The summed E-state index contributed by atoms with van der Waals surface area (Å²) >= 11 is 0. The molecule has 1 aromatic carbocycles. The largest absolute Gasteiger partial charge is 0.492 e. The van der Waals surface area contributed by atoms with Gasteiger partial charge < -0.3 is 15.0 Å². The molecule has 2 heterocycles. The number of nitro groups is 1. The van der Waals surface area contributed by atoms with Gasteiger partial charge in [-0.3, -0.25) is 10.1 Å². The first kappa shape index (κ1) is 16.9. The fourth-order valence-corrected chi connectivity index (χ4v) is 2.86. The topological polar surface area (TPSA) is 93.4 Å². The normalized spacial score (nSPS) is 14.2. The van der Waals surface area contributed by atoms with Gasteiger partial charge in [0.15, 0.2) is 0 Å². The molecule has 1 N–H and O–H groups in total. The smallest absolute Gasteiger partial charge is 0.353 e. The third kappa shape index (κ3) is 4.34. The molecule has 8 nitrogen and oxygen atoms in total. The van der Waals surface area contributed by atoms with Gasteiger partial charge >= 0.3 is 5.69 Å². The molecular formula is C17H21N5O3. The number of aromatic nitrogens is 2. The van der Waals surface area contributed by atoms with E-state index in [9.17, 15) is 10.1 Å². The number of hydrogen-bond acceptors (Lipinski definition) is 7. The molecule has 1 aliphatic rings. The van der Waals surface area contributed by atoms with Crippen LogP contribution < -0.4 is 15.0 Å². The highest BCUT2D eigenvalue weighted by Crippen LogP contribution is 2.33. The lowest BCUT2D eigenvalue weighted by atomic mass is 10.1. The Morgan fingerprint density at radius 1 is 1.16 bits per heavy atom. The van der Waals surface area contributed by atoms with Crippen LogP contribution in [0.4, 0.5) is 17.3 Å². The molecule has 132 valence electrons. The van der Waals surface area contributed by atoms with Crippen molar-refractivity contribution in [1.29, 1.82) is 0 Å². The van der Waals surface area contributed by atoms with Crippen molar-refractivity contribution in [2.45, 2.75) is 19.3 Å². The maximum Gasteiger partial charge on any atom is 0.353 e. The van der Waals surface area contributed by atoms with Gasteiger partial charge in [-0.15, -0.1) is 0 Å². The van der Waals surface area contributed by atoms with Crippen LogP contribution in [0, 0.1) is 10.1 Å². The summed E-state index contributed by atoms with van der Waals surface area (Å²) in [7, 11) is 0. The SMILES string of the molecule is O=[N+]([O-])c1c(NCCOc2ccccc2)ncnc1N1CCCCC1. The molecule has 8 heteroatoms. The number of rotatable bonds is 7. The minimum Gasteiger partial charge on any atom is -0.492 e. The molecule has 0 amide bonds. The van der Waals surface area contributed by atoms with Gasteiger partial charge in [-0.25, -0.2) is 9.97 Å². The van der Waals surface area contributed by atoms with Crippen molar-refractivity contribution in [3.05, 3.63) is 46.8 Å². The summed E-state index contributed by atoms with van der Waals surface area (Å²) in [4.78, 5) is 21.3. The van der Waals surface area contributed by atoms with Crippen LogP contribution in [0.5, 0.6) is 5.75 Å². The Kier molecular flexibility index (Phi) is 5.61. The molecule has 2 aromatic rings. The molecule has 1 fully saturated rings. The monoisotopic (exact) mass is 343 g/mol. The maximum atomic E-state index is 11.6. The molecule has 0 radical (unpaired) electrons. The molecule has 0 saturated carbocycles. The highest BCUT2D eigenvalue weighted by molar-refractivity contribution is 5.70. The minimum absolute atomic E-state index is 0.0656. The van der Waals surface area contributed by atoms with Crippen molar-refractivity contribution < 1.29 is 9.66 Å². The number of nitrogens with zero attached hydrogens (tertiary/aromatic N) is 4. The van der Waals surface area contributed by atoms with Crippen molar-refractivity contribution in [2.75, 3.05) is 36.5 Å². The predicted molar refractivity (Wildman–Crippen MR) is 95.2 cm³/mol. The maximum absolute atomic E-state index is 11.6. The first-order chi connectivity index (χ1) is 12.3. The Balaban J connectivity index is 1.66. The van der Waals surface area contributed by atoms with Crippen LogP contribution in [0.15, 0.2) is 36.7 Å². The van der Waals surface area contributed by atoms with Crippen molar-refractivity contribution in [1.82, 2.24) is 9.97 Å². The lowest BCUT2D eigenvalue weighted by Gasteiger charge is -2.27. The fourth-order valence-electron chi connectivity index (χ4n) is 2.86. The summed E-state index contributed by atoms with van der Waals surface area (Å²) in [5.41, 5.74) is -0.0656. The van der Waals surface area contributed by atoms with E-state index in [1.807, 2.05) is 35.2 Å². The van der Waals surface area contributed by atoms with E-state index in [1.54, 1.807) is 0 Å². The standard InChI is InChI=1S/C17H21N5O3/c23-22(24)15-16(18-9-12-25-14-7-3-1-4-8-14)19-13-20-17(15)21-10-5-2-6-11-21/h1,3-4,7-8,13H,2,5-6,9-12H2,(H,18,19,20). The minimum atomic E-state index is -0.412. The number of ether oxygens (including phenoxy) is 1. The lowest BCUT2D eigenvalue weighted by Crippen LogP contribution is -2.31. The summed E-state index contributed by atoms with van der Waals surface area (Å²) in [5, 5.41) is 14.6. The molecule has 1 aliphatic heterocycles. The van der Waals surface area contributed by atoms with Crippen LogP contribution in [0.1, 0.15) is 19.3 Å². The van der Waals surface area contributed by atoms with Crippen molar-refractivity contribution in [3.63, 3.8) is 0 Å². The van der Waals surface area contributed by atoms with Crippen molar-refractivity contribution >= 4 is 17.3 Å². The van der Waals surface area contributed by atoms with E-state index in [2.05, 4.69) is 15.3 Å². The van der Waals surface area contributed by atoms with Crippen LogP contribution in [0.2, 0.25) is 0 Å². The number of para-hydroxylation sites is 1. The summed E-state index contributed by atoms with van der Waals surface area (Å²) < 4.78 is 5.59. The number of anilines is 2. The first-order valence-electron chi connectivity index (χ1n) is 8.42. The Morgan fingerprint density at radius 2 is 1.92 bits per heavy atom. The second-order valence-corrected chi connectivity index (χ2v) is 5.79. The van der Waals surface area contributed by atoms with Crippen LogP contribution in [0.25, 0.3) is 0 Å². The number of piperidine rings is 1. The molecule has 0 aliphatic carbocycles. The average Bonchev–Trinajstić information content (AvgIpc) is 2.66. The van der Waals surface area contributed by atoms with E-state index in [1.165, 1.54) is 6.33 Å². The van der Waals surface area contributed by atoms with Gasteiger partial charge in [0.25, 0.3) is 0 Å². The fraction of sp³-hybridized carbons (Fsp3) is 0.412. The van der Waals surface area contributed by atoms with Crippen LogP contribution in [0.3, 0.4) is 0 Å². The van der Waals surface area contributed by atoms with E-state index in [0.29, 0.717) is 19.0 Å². The zero-order chi connectivity index (χ0) is 17.5. The van der Waals surface area contributed by atoms with E-state index >= 15 is 0 Å². The molecule has 0 unspecified atom stereocenters. The van der Waals surface area contributed by atoms with Gasteiger partial charge in [-0.05, 0) is 31.4 Å². The molecule has 25 heavy (non-hydrogen) atoms. The van der Waals surface area contributed by atoms with E-state index in [0.717, 1.165) is 38.1 Å². The van der Waals surface area contributed by atoms with Gasteiger partial charge in [0.05, 0.1) is 11.5 Å². The molecular weight excluding hydrogens is 322 g/mol. The number of hydrogen-bond donors (Lipinski definition) is 1. The highest BCUT2D eigenvalue weighted by atomic mass is 16.6. The van der Waals surface area contributed by atoms with E-state index in [-0.39, 0.29) is 11.5 Å². The van der Waals surface area contributed by atoms with Gasteiger partial charge in [0, 0.05) is 13.1 Å². The van der Waals surface area contributed by atoms with Crippen LogP contribution >= 0.6 is 0 Å². The third-order valence-electron chi connectivity index (χ3n) is 4.05. The summed E-state index contributed by atoms with van der Waals surface area (Å²) in [6, 6.07) is 9.42. The second-order valence-electron chi connectivity index (χ2n) is 5.79. The molecule has 0 bridgehead atoms. The Labute approximate surface area is 146 Å². The quantitative estimate of drug-likeness (QED) is 0.469. The Hall–Kier alpha value is -2.90. The Bertz CT molecular complexity index is 705. The van der Waals surface area contributed by atoms with E-state index in [4.69, 9.17) is 4.74 Å². The van der Waals surface area contributed by atoms with Gasteiger partial charge in [0.2, 0.25) is 11.6 Å². The highest BCUT2D eigenvalue weighted by Gasteiger charge is 2.27. The molecule has 1 saturated heterocycles. The third-order valence-corrected chi connectivity index (χ3v) is 4.05. The molecule has 0 atom stereocenters.